The topological polar surface area (TPSA) is 78.9 Å². The van der Waals surface area contributed by atoms with E-state index in [0.29, 0.717) is 19.3 Å². The third-order valence-corrected chi connectivity index (χ3v) is 10.6. The normalized spacial score (nSPS) is 11.8. The molecule has 0 spiro atoms. The Hall–Kier alpha value is -1.59. The number of esters is 3. The predicted molar refractivity (Wildman–Crippen MR) is 224 cm³/mol. The van der Waals surface area contributed by atoms with E-state index in [9.17, 15) is 14.4 Å². The van der Waals surface area contributed by atoms with Gasteiger partial charge in [0.05, 0.1) is 0 Å². The number of hydrogen-bond acceptors (Lipinski definition) is 6. The van der Waals surface area contributed by atoms with Gasteiger partial charge in [-0.25, -0.2) is 0 Å². The maximum atomic E-state index is 12.7. The van der Waals surface area contributed by atoms with Crippen molar-refractivity contribution in [2.45, 2.75) is 271 Å². The largest absolute Gasteiger partial charge is 0.462 e. The van der Waals surface area contributed by atoms with Crippen molar-refractivity contribution in [2.75, 3.05) is 13.2 Å². The quantitative estimate of drug-likeness (QED) is 0.0351. The molecule has 0 rings (SSSR count). The van der Waals surface area contributed by atoms with E-state index in [2.05, 4.69) is 20.8 Å². The molecular formula is C47H90O6. The summed E-state index contributed by atoms with van der Waals surface area (Å²) in [6.07, 6.45) is 43.8. The summed E-state index contributed by atoms with van der Waals surface area (Å²) in [7, 11) is 0. The van der Waals surface area contributed by atoms with Crippen molar-refractivity contribution in [3.05, 3.63) is 0 Å². The second kappa shape index (κ2) is 43.1. The molecule has 0 aliphatic heterocycles. The second-order valence-corrected chi connectivity index (χ2v) is 16.0. The van der Waals surface area contributed by atoms with Crippen LogP contribution in [-0.4, -0.2) is 37.2 Å². The van der Waals surface area contributed by atoms with E-state index in [4.69, 9.17) is 14.2 Å². The summed E-state index contributed by atoms with van der Waals surface area (Å²) in [5.41, 5.74) is 0. The van der Waals surface area contributed by atoms with E-state index in [1.165, 1.54) is 167 Å². The van der Waals surface area contributed by atoms with Gasteiger partial charge in [-0.05, 0) is 19.3 Å². The molecule has 0 saturated heterocycles. The van der Waals surface area contributed by atoms with Gasteiger partial charge in [0.2, 0.25) is 0 Å². The molecule has 53 heavy (non-hydrogen) atoms. The minimum absolute atomic E-state index is 0.0629. The van der Waals surface area contributed by atoms with Gasteiger partial charge in [0, 0.05) is 19.3 Å². The lowest BCUT2D eigenvalue weighted by Gasteiger charge is -2.18. The highest BCUT2D eigenvalue weighted by atomic mass is 16.6. The third-order valence-electron chi connectivity index (χ3n) is 10.6. The van der Waals surface area contributed by atoms with E-state index in [-0.39, 0.29) is 31.1 Å². The minimum atomic E-state index is -0.757. The molecule has 0 saturated carbocycles. The van der Waals surface area contributed by atoms with Gasteiger partial charge < -0.3 is 14.2 Å². The smallest absolute Gasteiger partial charge is 0.306 e. The molecule has 0 fully saturated rings. The Morgan fingerprint density at radius 3 is 0.755 bits per heavy atom. The van der Waals surface area contributed by atoms with Crippen LogP contribution in [0.1, 0.15) is 265 Å². The van der Waals surface area contributed by atoms with Gasteiger partial charge in [0.25, 0.3) is 0 Å². The fraction of sp³-hybridized carbons (Fsp3) is 0.936. The molecular weight excluding hydrogens is 661 g/mol. The van der Waals surface area contributed by atoms with Gasteiger partial charge >= 0.3 is 17.9 Å². The Kier molecular flexibility index (Phi) is 41.8. The van der Waals surface area contributed by atoms with Crippen LogP contribution in [0.25, 0.3) is 0 Å². The number of carbonyl (C=O) groups excluding carboxylic acids is 3. The van der Waals surface area contributed by atoms with E-state index < -0.39 is 6.10 Å². The lowest BCUT2D eigenvalue weighted by Crippen LogP contribution is -2.30. The van der Waals surface area contributed by atoms with Crippen molar-refractivity contribution in [3.8, 4) is 0 Å². The Morgan fingerprint density at radius 1 is 0.302 bits per heavy atom. The molecule has 0 amide bonds. The van der Waals surface area contributed by atoms with E-state index in [1.807, 2.05) is 0 Å². The van der Waals surface area contributed by atoms with Crippen molar-refractivity contribution in [2.24, 2.45) is 0 Å². The average Bonchev–Trinajstić information content (AvgIpc) is 3.15. The van der Waals surface area contributed by atoms with Crippen molar-refractivity contribution in [1.29, 1.82) is 0 Å². The molecule has 0 unspecified atom stereocenters. The molecule has 0 aliphatic carbocycles. The molecule has 6 heteroatoms. The summed E-state index contributed by atoms with van der Waals surface area (Å²) < 4.78 is 16.7. The zero-order valence-corrected chi connectivity index (χ0v) is 35.8. The zero-order chi connectivity index (χ0) is 38.7. The molecule has 314 valence electrons. The molecule has 6 nitrogen and oxygen atoms in total. The predicted octanol–water partition coefficient (Wildman–Crippen LogP) is 14.9. The van der Waals surface area contributed by atoms with E-state index in [0.717, 1.165) is 57.8 Å². The van der Waals surface area contributed by atoms with Crippen LogP contribution in [0.5, 0.6) is 0 Å². The zero-order valence-electron chi connectivity index (χ0n) is 35.8. The molecule has 0 radical (unpaired) electrons. The van der Waals surface area contributed by atoms with Gasteiger partial charge in [-0.15, -0.1) is 0 Å². The van der Waals surface area contributed by atoms with Gasteiger partial charge in [-0.1, -0.05) is 226 Å². The Bertz CT molecular complexity index is 783. The lowest BCUT2D eigenvalue weighted by molar-refractivity contribution is -0.167. The fourth-order valence-electron chi connectivity index (χ4n) is 7.03. The van der Waals surface area contributed by atoms with Crippen LogP contribution in [0.2, 0.25) is 0 Å². The summed E-state index contributed by atoms with van der Waals surface area (Å²) in [6, 6.07) is 0. The van der Waals surface area contributed by atoms with Crippen molar-refractivity contribution in [3.63, 3.8) is 0 Å². The van der Waals surface area contributed by atoms with Crippen molar-refractivity contribution >= 4 is 17.9 Å². The first kappa shape index (κ1) is 51.4. The highest BCUT2D eigenvalue weighted by molar-refractivity contribution is 5.71. The van der Waals surface area contributed by atoms with Crippen LogP contribution in [0.3, 0.4) is 0 Å². The fourth-order valence-corrected chi connectivity index (χ4v) is 7.03. The first-order chi connectivity index (χ1) is 26.0. The summed E-state index contributed by atoms with van der Waals surface area (Å²) >= 11 is 0. The van der Waals surface area contributed by atoms with E-state index in [1.54, 1.807) is 0 Å². The molecule has 0 aromatic heterocycles. The number of unbranched alkanes of at least 4 members (excludes halogenated alkanes) is 32. The summed E-state index contributed by atoms with van der Waals surface area (Å²) in [5, 5.41) is 0. The van der Waals surface area contributed by atoms with Crippen LogP contribution in [0, 0.1) is 0 Å². The molecule has 0 N–H and O–H groups in total. The number of hydrogen-bond donors (Lipinski definition) is 0. The summed E-state index contributed by atoms with van der Waals surface area (Å²) in [5.74, 6) is -0.855. The summed E-state index contributed by atoms with van der Waals surface area (Å²) in [6.45, 7) is 6.62. The van der Waals surface area contributed by atoms with Crippen LogP contribution < -0.4 is 0 Å². The molecule has 0 aromatic rings. The molecule has 0 bridgehead atoms. The summed E-state index contributed by atoms with van der Waals surface area (Å²) in [4.78, 5) is 37.6. The number of carbonyl (C=O) groups is 3. The highest BCUT2D eigenvalue weighted by Gasteiger charge is 2.19. The first-order valence-electron chi connectivity index (χ1n) is 23.5. The molecule has 1 atom stereocenters. The Labute approximate surface area is 329 Å². The van der Waals surface area contributed by atoms with Gasteiger partial charge in [-0.2, -0.15) is 0 Å². The van der Waals surface area contributed by atoms with Crippen LogP contribution in [0.4, 0.5) is 0 Å². The van der Waals surface area contributed by atoms with Crippen molar-refractivity contribution < 1.29 is 28.6 Å². The Morgan fingerprint density at radius 2 is 0.509 bits per heavy atom. The molecule has 0 aliphatic rings. The maximum absolute atomic E-state index is 12.7. The number of rotatable bonds is 43. The van der Waals surface area contributed by atoms with E-state index >= 15 is 0 Å². The second-order valence-electron chi connectivity index (χ2n) is 16.0. The monoisotopic (exact) mass is 751 g/mol. The van der Waals surface area contributed by atoms with Crippen LogP contribution in [0.15, 0.2) is 0 Å². The third kappa shape index (κ3) is 41.4. The maximum Gasteiger partial charge on any atom is 0.306 e. The van der Waals surface area contributed by atoms with Gasteiger partial charge in [0.15, 0.2) is 6.10 Å². The lowest BCUT2D eigenvalue weighted by atomic mass is 10.0. The SMILES string of the molecule is CCCCCCCCCCCCCCCCC(=O)OC[C@@H](COC(=O)CCCCCCCCC)OC(=O)CCCCCCCCCCCCCCCC. The average molecular weight is 751 g/mol. The van der Waals surface area contributed by atoms with Crippen LogP contribution in [-0.2, 0) is 28.6 Å². The van der Waals surface area contributed by atoms with Crippen LogP contribution >= 0.6 is 0 Å². The minimum Gasteiger partial charge on any atom is -0.462 e. The molecule has 0 heterocycles. The molecule has 0 aromatic carbocycles. The first-order valence-corrected chi connectivity index (χ1v) is 23.5. The number of ether oxygens (including phenoxy) is 3. The highest BCUT2D eigenvalue weighted by Crippen LogP contribution is 2.16. The van der Waals surface area contributed by atoms with Gasteiger partial charge in [0.1, 0.15) is 13.2 Å². The Balaban J connectivity index is 4.24. The standard InChI is InChI=1S/C47H90O6/c1-4-7-10-13-16-18-20-22-24-26-28-31-34-37-40-46(49)52-43-44(42-51-45(48)39-36-33-30-15-12-9-6-3)53-47(50)41-38-35-32-29-27-25-23-21-19-17-14-11-8-5-2/h44H,4-43H2,1-3H3/t44-/m1/s1. The van der Waals surface area contributed by atoms with Gasteiger partial charge in [-0.3, -0.25) is 14.4 Å². The van der Waals surface area contributed by atoms with Crippen molar-refractivity contribution in [1.82, 2.24) is 0 Å².